The van der Waals surface area contributed by atoms with Crippen LogP contribution in [0.15, 0.2) is 35.9 Å². The number of hydrogen-bond acceptors (Lipinski definition) is 9. The Morgan fingerprint density at radius 3 is 2.23 bits per heavy atom. The lowest BCUT2D eigenvalue weighted by Gasteiger charge is -2.24. The lowest BCUT2D eigenvalue weighted by molar-refractivity contribution is -0.117. The molecule has 4 rings (SSSR count). The normalized spacial score (nSPS) is 16.3. The Labute approximate surface area is 185 Å². The van der Waals surface area contributed by atoms with E-state index < -0.39 is 23.5 Å². The zero-order valence-electron chi connectivity index (χ0n) is 17.2. The summed E-state index contributed by atoms with van der Waals surface area (Å²) in [4.78, 5) is 53.3. The van der Waals surface area contributed by atoms with Crippen LogP contribution >= 0.6 is 22.7 Å². The highest BCUT2D eigenvalue weighted by Crippen LogP contribution is 2.44. The molecule has 3 aromatic heterocycles. The van der Waals surface area contributed by atoms with Gasteiger partial charge in [-0.2, -0.15) is 0 Å². The molecule has 3 aromatic rings. The van der Waals surface area contributed by atoms with Crippen LogP contribution in [0.25, 0.3) is 0 Å². The number of Topliss-reactive ketones (excluding diaryl/α,β-unsaturated/α-hetero) is 2. The number of aromatic nitrogens is 3. The molecule has 31 heavy (non-hydrogen) atoms. The van der Waals surface area contributed by atoms with Gasteiger partial charge in [0.2, 0.25) is 5.78 Å². The van der Waals surface area contributed by atoms with E-state index in [1.165, 1.54) is 23.2 Å². The van der Waals surface area contributed by atoms with Gasteiger partial charge in [-0.15, -0.1) is 11.3 Å². The van der Waals surface area contributed by atoms with Crippen LogP contribution in [0.1, 0.15) is 54.3 Å². The molecule has 0 bridgehead atoms. The second-order valence-corrected chi connectivity index (χ2v) is 9.24. The highest BCUT2D eigenvalue weighted by molar-refractivity contribution is 7.17. The Bertz CT molecular complexity index is 1260. The Kier molecular flexibility index (Phi) is 5.28. The molecule has 8 nitrogen and oxygen atoms in total. The van der Waals surface area contributed by atoms with Crippen LogP contribution in [0.3, 0.4) is 0 Å². The van der Waals surface area contributed by atoms with Crippen LogP contribution in [0.4, 0.5) is 5.13 Å². The van der Waals surface area contributed by atoms with Gasteiger partial charge in [-0.25, -0.2) is 9.97 Å². The van der Waals surface area contributed by atoms with Crippen molar-refractivity contribution in [3.63, 3.8) is 0 Å². The maximum atomic E-state index is 13.5. The van der Waals surface area contributed by atoms with Gasteiger partial charge in [0.15, 0.2) is 16.7 Å². The van der Waals surface area contributed by atoms with Crippen molar-refractivity contribution in [2.75, 3.05) is 4.90 Å². The summed E-state index contributed by atoms with van der Waals surface area (Å²) >= 11 is 2.27. The molecule has 158 valence electrons. The molecule has 1 aliphatic heterocycles. The third kappa shape index (κ3) is 3.47. The number of aliphatic hydroxyl groups is 1. The smallest absolute Gasteiger partial charge is 0.296 e. The van der Waals surface area contributed by atoms with Crippen molar-refractivity contribution < 1.29 is 19.5 Å². The van der Waals surface area contributed by atoms with E-state index in [4.69, 9.17) is 0 Å². The minimum Gasteiger partial charge on any atom is -0.503 e. The van der Waals surface area contributed by atoms with E-state index in [1.807, 2.05) is 0 Å². The quantitative estimate of drug-likeness (QED) is 0.582. The van der Waals surface area contributed by atoms with Gasteiger partial charge in [-0.05, 0) is 38.5 Å². The zero-order valence-corrected chi connectivity index (χ0v) is 18.8. The highest BCUT2D eigenvalue weighted by atomic mass is 32.1. The molecule has 1 N–H and O–H groups in total. The number of carbonyl (C=O) groups excluding carboxylic acids is 3. The van der Waals surface area contributed by atoms with Gasteiger partial charge >= 0.3 is 0 Å². The average Bonchev–Trinajstić information content (AvgIpc) is 3.36. The SMILES string of the molecule is CC(=O)c1sc(N2C(=O)C(O)=C(C(=O)c3sc(C)nc3C)C2c2ccncc2)nc1C. The molecule has 1 atom stereocenters. The fraction of sp³-hybridized carbons (Fsp3) is 0.238. The first-order valence-corrected chi connectivity index (χ1v) is 11.0. The second kappa shape index (κ2) is 7.78. The van der Waals surface area contributed by atoms with E-state index in [-0.39, 0.29) is 16.5 Å². The van der Waals surface area contributed by atoms with Crippen molar-refractivity contribution in [3.8, 4) is 0 Å². The number of aliphatic hydroxyl groups excluding tert-OH is 1. The predicted molar refractivity (Wildman–Crippen MR) is 117 cm³/mol. The maximum Gasteiger partial charge on any atom is 0.296 e. The summed E-state index contributed by atoms with van der Waals surface area (Å²) in [7, 11) is 0. The summed E-state index contributed by atoms with van der Waals surface area (Å²) in [5.41, 5.74) is 1.57. The van der Waals surface area contributed by atoms with Gasteiger partial charge in [0, 0.05) is 19.3 Å². The lowest BCUT2D eigenvalue weighted by atomic mass is 9.96. The van der Waals surface area contributed by atoms with Gasteiger partial charge in [0.05, 0.1) is 37.8 Å². The number of nitrogens with zero attached hydrogens (tertiary/aromatic N) is 4. The summed E-state index contributed by atoms with van der Waals surface area (Å²) < 4.78 is 0. The zero-order chi connectivity index (χ0) is 22.4. The standard InChI is InChI=1S/C21H18N4O4S2/c1-9-18(11(3)26)31-21(24-9)25-15(13-5-7-22-8-6-13)14(17(28)20(25)29)16(27)19-10(2)23-12(4)30-19/h5-8,15,28H,1-4H3. The number of aryl methyl sites for hydroxylation is 3. The molecule has 0 saturated heterocycles. The number of thiazole rings is 2. The molecule has 0 aliphatic carbocycles. The number of pyridine rings is 1. The molecular weight excluding hydrogens is 436 g/mol. The number of hydrogen-bond donors (Lipinski definition) is 1. The lowest BCUT2D eigenvalue weighted by Crippen LogP contribution is -2.31. The molecule has 10 heteroatoms. The number of amides is 1. The van der Waals surface area contributed by atoms with Crippen molar-refractivity contribution in [1.82, 2.24) is 15.0 Å². The third-order valence-corrected chi connectivity index (χ3v) is 7.22. The summed E-state index contributed by atoms with van der Waals surface area (Å²) in [6.45, 7) is 6.61. The first kappa shape index (κ1) is 21.0. The van der Waals surface area contributed by atoms with Gasteiger partial charge < -0.3 is 5.11 Å². The van der Waals surface area contributed by atoms with Crippen LogP contribution in [0.5, 0.6) is 0 Å². The minimum atomic E-state index is -0.907. The average molecular weight is 455 g/mol. The molecule has 4 heterocycles. The molecule has 0 spiro atoms. The van der Waals surface area contributed by atoms with Crippen molar-refractivity contribution in [2.24, 2.45) is 0 Å². The molecule has 0 radical (unpaired) electrons. The van der Waals surface area contributed by atoms with Crippen molar-refractivity contribution >= 4 is 45.3 Å². The Hall–Kier alpha value is -3.24. The van der Waals surface area contributed by atoms with E-state index >= 15 is 0 Å². The Morgan fingerprint density at radius 1 is 1.03 bits per heavy atom. The molecule has 0 aromatic carbocycles. The number of ketones is 2. The van der Waals surface area contributed by atoms with E-state index in [2.05, 4.69) is 15.0 Å². The molecule has 0 fully saturated rings. The number of anilines is 1. The van der Waals surface area contributed by atoms with Crippen LogP contribution in [0.2, 0.25) is 0 Å². The van der Waals surface area contributed by atoms with Gasteiger partial charge in [-0.1, -0.05) is 11.3 Å². The second-order valence-electron chi connectivity index (χ2n) is 7.06. The minimum absolute atomic E-state index is 0.0415. The largest absolute Gasteiger partial charge is 0.503 e. The number of rotatable bonds is 5. The van der Waals surface area contributed by atoms with E-state index in [0.29, 0.717) is 31.7 Å². The van der Waals surface area contributed by atoms with Crippen LogP contribution in [-0.2, 0) is 4.79 Å². The molecule has 1 amide bonds. The van der Waals surface area contributed by atoms with E-state index in [9.17, 15) is 19.5 Å². The van der Waals surface area contributed by atoms with Gasteiger partial charge in [0.1, 0.15) is 0 Å². The fourth-order valence-corrected chi connectivity index (χ4v) is 5.43. The van der Waals surface area contributed by atoms with Gasteiger partial charge in [-0.3, -0.25) is 24.3 Å². The van der Waals surface area contributed by atoms with Crippen LogP contribution in [0, 0.1) is 20.8 Å². The van der Waals surface area contributed by atoms with Crippen molar-refractivity contribution in [1.29, 1.82) is 0 Å². The Balaban J connectivity index is 1.89. The summed E-state index contributed by atoms with van der Waals surface area (Å²) in [5.74, 6) is -2.00. The first-order chi connectivity index (χ1) is 14.7. The highest BCUT2D eigenvalue weighted by Gasteiger charge is 2.46. The van der Waals surface area contributed by atoms with Crippen molar-refractivity contribution in [3.05, 3.63) is 67.6 Å². The van der Waals surface area contributed by atoms with Crippen LogP contribution in [-0.4, -0.2) is 37.5 Å². The molecular formula is C21H18N4O4S2. The molecule has 1 aliphatic rings. The molecule has 1 unspecified atom stereocenters. The summed E-state index contributed by atoms with van der Waals surface area (Å²) in [5, 5.41) is 11.7. The van der Waals surface area contributed by atoms with E-state index in [0.717, 1.165) is 11.3 Å². The molecule has 0 saturated carbocycles. The summed E-state index contributed by atoms with van der Waals surface area (Å²) in [6.07, 6.45) is 3.09. The van der Waals surface area contributed by atoms with Crippen molar-refractivity contribution in [2.45, 2.75) is 33.7 Å². The van der Waals surface area contributed by atoms with E-state index in [1.54, 1.807) is 45.3 Å². The number of carbonyl (C=O) groups is 3. The summed E-state index contributed by atoms with van der Waals surface area (Å²) in [6, 6.07) is 2.44. The van der Waals surface area contributed by atoms with Gasteiger partial charge in [0.25, 0.3) is 5.91 Å². The Morgan fingerprint density at radius 2 is 1.68 bits per heavy atom. The first-order valence-electron chi connectivity index (χ1n) is 9.34. The predicted octanol–water partition coefficient (Wildman–Crippen LogP) is 3.91. The maximum absolute atomic E-state index is 13.5. The topological polar surface area (TPSA) is 113 Å². The van der Waals surface area contributed by atoms with Crippen LogP contribution < -0.4 is 4.90 Å². The fourth-order valence-electron chi connectivity index (χ4n) is 3.57. The monoisotopic (exact) mass is 454 g/mol. The third-order valence-electron chi connectivity index (χ3n) is 4.90.